The van der Waals surface area contributed by atoms with Crippen molar-refractivity contribution >= 4 is 5.91 Å². The number of hydrogen-bond donors (Lipinski definition) is 3. The number of carbonyl (C=O) groups is 1. The highest BCUT2D eigenvalue weighted by atomic mass is 16.3. The summed E-state index contributed by atoms with van der Waals surface area (Å²) in [7, 11) is 0. The van der Waals surface area contributed by atoms with Crippen LogP contribution < -0.4 is 10.6 Å². The lowest BCUT2D eigenvalue weighted by Crippen LogP contribution is -2.48. The Hall–Kier alpha value is -0.610. The van der Waals surface area contributed by atoms with Crippen molar-refractivity contribution in [3.8, 4) is 0 Å². The number of hydrogen-bond acceptors (Lipinski definition) is 3. The van der Waals surface area contributed by atoms with Gasteiger partial charge in [-0.05, 0) is 32.2 Å². The van der Waals surface area contributed by atoms with E-state index in [-0.39, 0.29) is 23.3 Å². The Bertz CT molecular complexity index is 290. The molecule has 0 aromatic heterocycles. The highest BCUT2D eigenvalue weighted by Crippen LogP contribution is 2.35. The number of amides is 1. The molecule has 0 aromatic carbocycles. The Labute approximate surface area is 110 Å². The summed E-state index contributed by atoms with van der Waals surface area (Å²) >= 11 is 0. The van der Waals surface area contributed by atoms with Crippen molar-refractivity contribution in [3.63, 3.8) is 0 Å². The largest absolute Gasteiger partial charge is 0.392 e. The van der Waals surface area contributed by atoms with Gasteiger partial charge in [0.1, 0.15) is 0 Å². The number of piperidine rings is 1. The molecule has 2 rings (SSSR count). The Morgan fingerprint density at radius 3 is 2.89 bits per heavy atom. The van der Waals surface area contributed by atoms with Crippen molar-refractivity contribution in [3.05, 3.63) is 0 Å². The summed E-state index contributed by atoms with van der Waals surface area (Å²) in [6, 6.07) is 0. The first-order valence-corrected chi connectivity index (χ1v) is 7.28. The van der Waals surface area contributed by atoms with Gasteiger partial charge < -0.3 is 15.7 Å². The summed E-state index contributed by atoms with van der Waals surface area (Å²) in [5.74, 6) is 0.268. The fourth-order valence-corrected chi connectivity index (χ4v) is 3.10. The molecule has 1 aliphatic carbocycles. The van der Waals surface area contributed by atoms with Crippen molar-refractivity contribution in [1.82, 2.24) is 10.6 Å². The first kappa shape index (κ1) is 13.8. The normalized spacial score (nSPS) is 37.2. The lowest BCUT2D eigenvalue weighted by atomic mass is 9.73. The van der Waals surface area contributed by atoms with Gasteiger partial charge in [-0.2, -0.15) is 0 Å². The molecule has 1 heterocycles. The van der Waals surface area contributed by atoms with E-state index in [9.17, 15) is 9.90 Å². The predicted molar refractivity (Wildman–Crippen MR) is 71.2 cm³/mol. The van der Waals surface area contributed by atoms with Crippen LogP contribution in [0.25, 0.3) is 0 Å². The van der Waals surface area contributed by atoms with Gasteiger partial charge >= 0.3 is 0 Å². The fourth-order valence-electron chi connectivity index (χ4n) is 3.10. The van der Waals surface area contributed by atoms with Crippen LogP contribution in [0.15, 0.2) is 0 Å². The van der Waals surface area contributed by atoms with Gasteiger partial charge in [-0.15, -0.1) is 0 Å². The third-order valence-electron chi connectivity index (χ3n) is 4.61. The van der Waals surface area contributed by atoms with E-state index in [1.165, 1.54) is 0 Å². The maximum atomic E-state index is 12.1. The predicted octanol–water partition coefficient (Wildman–Crippen LogP) is 1.04. The molecule has 3 atom stereocenters. The first-order chi connectivity index (χ1) is 8.62. The number of carbonyl (C=O) groups excluding carboxylic acids is 1. The van der Waals surface area contributed by atoms with E-state index in [0.717, 1.165) is 51.6 Å². The van der Waals surface area contributed by atoms with Crippen LogP contribution >= 0.6 is 0 Å². The van der Waals surface area contributed by atoms with Crippen molar-refractivity contribution in [2.24, 2.45) is 11.3 Å². The monoisotopic (exact) mass is 254 g/mol. The van der Waals surface area contributed by atoms with Crippen molar-refractivity contribution in [1.29, 1.82) is 0 Å². The molecule has 0 bridgehead atoms. The number of rotatable bonds is 3. The molecule has 0 aromatic rings. The third kappa shape index (κ3) is 3.23. The van der Waals surface area contributed by atoms with E-state index < -0.39 is 0 Å². The highest BCUT2D eigenvalue weighted by molar-refractivity contribution is 5.79. The Kier molecular flexibility index (Phi) is 4.62. The second-order valence-corrected chi connectivity index (χ2v) is 6.18. The zero-order valence-electron chi connectivity index (χ0n) is 11.4. The van der Waals surface area contributed by atoms with Crippen molar-refractivity contribution in [2.45, 2.75) is 51.6 Å². The van der Waals surface area contributed by atoms with Gasteiger partial charge in [-0.25, -0.2) is 0 Å². The molecule has 3 unspecified atom stereocenters. The van der Waals surface area contributed by atoms with Gasteiger partial charge in [0.15, 0.2) is 0 Å². The molecular formula is C14H26N2O2. The second kappa shape index (κ2) is 6.02. The maximum Gasteiger partial charge on any atom is 0.224 e. The molecule has 2 aliphatic rings. The SMILES string of the molecule is CC1(CNC(=O)C2CCCNC2)CCCCC1O. The Morgan fingerprint density at radius 1 is 1.39 bits per heavy atom. The number of nitrogens with one attached hydrogen (secondary N) is 2. The van der Waals surface area contributed by atoms with Crippen LogP contribution in [0.4, 0.5) is 0 Å². The van der Waals surface area contributed by atoms with Crippen LogP contribution in [0.5, 0.6) is 0 Å². The van der Waals surface area contributed by atoms with Gasteiger partial charge in [0.05, 0.1) is 12.0 Å². The highest BCUT2D eigenvalue weighted by Gasteiger charge is 2.36. The van der Waals surface area contributed by atoms with E-state index in [2.05, 4.69) is 17.6 Å². The molecule has 4 heteroatoms. The smallest absolute Gasteiger partial charge is 0.224 e. The van der Waals surface area contributed by atoms with E-state index in [1.54, 1.807) is 0 Å². The third-order valence-corrected chi connectivity index (χ3v) is 4.61. The van der Waals surface area contributed by atoms with Crippen molar-refractivity contribution < 1.29 is 9.90 Å². The molecule has 104 valence electrons. The van der Waals surface area contributed by atoms with Crippen LogP contribution in [0.3, 0.4) is 0 Å². The van der Waals surface area contributed by atoms with Gasteiger partial charge in [0.2, 0.25) is 5.91 Å². The van der Waals surface area contributed by atoms with Gasteiger partial charge in [0.25, 0.3) is 0 Å². The molecule has 1 amide bonds. The number of aliphatic hydroxyl groups excluding tert-OH is 1. The lowest BCUT2D eigenvalue weighted by Gasteiger charge is -2.39. The first-order valence-electron chi connectivity index (χ1n) is 7.28. The molecule has 1 saturated carbocycles. The zero-order chi connectivity index (χ0) is 13.0. The summed E-state index contributed by atoms with van der Waals surface area (Å²) in [4.78, 5) is 12.1. The lowest BCUT2D eigenvalue weighted by molar-refractivity contribution is -0.126. The quantitative estimate of drug-likeness (QED) is 0.705. The van der Waals surface area contributed by atoms with Gasteiger partial charge in [-0.3, -0.25) is 4.79 Å². The van der Waals surface area contributed by atoms with Crippen LogP contribution in [0, 0.1) is 11.3 Å². The van der Waals surface area contributed by atoms with Crippen LogP contribution in [-0.2, 0) is 4.79 Å². The van der Waals surface area contributed by atoms with Crippen molar-refractivity contribution in [2.75, 3.05) is 19.6 Å². The number of aliphatic hydroxyl groups is 1. The Balaban J connectivity index is 1.80. The molecule has 4 nitrogen and oxygen atoms in total. The fraction of sp³-hybridized carbons (Fsp3) is 0.929. The average molecular weight is 254 g/mol. The Morgan fingerprint density at radius 2 is 2.22 bits per heavy atom. The molecule has 1 aliphatic heterocycles. The maximum absolute atomic E-state index is 12.1. The molecule has 18 heavy (non-hydrogen) atoms. The van der Waals surface area contributed by atoms with E-state index >= 15 is 0 Å². The average Bonchev–Trinajstić information content (AvgIpc) is 2.41. The van der Waals surface area contributed by atoms with Gasteiger partial charge in [0, 0.05) is 18.5 Å². The molecule has 3 N–H and O–H groups in total. The standard InChI is InChI=1S/C14H26N2O2/c1-14(7-3-2-6-12(14)17)10-16-13(18)11-5-4-8-15-9-11/h11-12,15,17H,2-10H2,1H3,(H,16,18). The summed E-state index contributed by atoms with van der Waals surface area (Å²) in [5.41, 5.74) is -0.129. The zero-order valence-corrected chi connectivity index (χ0v) is 11.4. The van der Waals surface area contributed by atoms with E-state index in [0.29, 0.717) is 6.54 Å². The minimum atomic E-state index is -0.268. The van der Waals surface area contributed by atoms with Crippen LogP contribution in [0.2, 0.25) is 0 Å². The molecule has 0 radical (unpaired) electrons. The van der Waals surface area contributed by atoms with Crippen LogP contribution in [0.1, 0.15) is 45.4 Å². The molecule has 0 spiro atoms. The van der Waals surface area contributed by atoms with E-state index in [1.807, 2.05) is 0 Å². The minimum absolute atomic E-state index is 0.114. The minimum Gasteiger partial charge on any atom is -0.392 e. The second-order valence-electron chi connectivity index (χ2n) is 6.18. The topological polar surface area (TPSA) is 61.4 Å². The molecular weight excluding hydrogens is 228 g/mol. The van der Waals surface area contributed by atoms with Gasteiger partial charge in [-0.1, -0.05) is 19.8 Å². The summed E-state index contributed by atoms with van der Waals surface area (Å²) in [5, 5.41) is 16.4. The van der Waals surface area contributed by atoms with E-state index in [4.69, 9.17) is 0 Å². The van der Waals surface area contributed by atoms with Crippen LogP contribution in [-0.4, -0.2) is 36.8 Å². The summed E-state index contributed by atoms with van der Waals surface area (Å²) < 4.78 is 0. The molecule has 1 saturated heterocycles. The summed E-state index contributed by atoms with van der Waals surface area (Å²) in [6.07, 6.45) is 5.95. The molecule has 2 fully saturated rings. The summed E-state index contributed by atoms with van der Waals surface area (Å²) in [6.45, 7) is 4.53.